The number of aromatic nitrogens is 2. The van der Waals surface area contributed by atoms with Crippen LogP contribution in [0.4, 0.5) is 24.5 Å². The Morgan fingerprint density at radius 1 is 1.23 bits per heavy atom. The largest absolute Gasteiger partial charge is 0.472 e. The molecule has 2 amide bonds. The van der Waals surface area contributed by atoms with Crippen molar-refractivity contribution < 1.29 is 27.2 Å². The van der Waals surface area contributed by atoms with Gasteiger partial charge in [-0.3, -0.25) is 14.3 Å². The van der Waals surface area contributed by atoms with Gasteiger partial charge in [-0.05, 0) is 37.3 Å². The first-order chi connectivity index (χ1) is 14.6. The molecule has 0 bridgehead atoms. The summed E-state index contributed by atoms with van der Waals surface area (Å²) in [5, 5.41) is 8.92. The van der Waals surface area contributed by atoms with Crippen LogP contribution in [0.3, 0.4) is 0 Å². The van der Waals surface area contributed by atoms with Gasteiger partial charge in [0.05, 0.1) is 28.8 Å². The van der Waals surface area contributed by atoms with E-state index in [-0.39, 0.29) is 16.4 Å². The van der Waals surface area contributed by atoms with Gasteiger partial charge in [0.15, 0.2) is 0 Å². The van der Waals surface area contributed by atoms with Crippen LogP contribution >= 0.6 is 11.6 Å². The van der Waals surface area contributed by atoms with Crippen molar-refractivity contribution in [2.45, 2.75) is 13.1 Å². The molecule has 0 aliphatic heterocycles. The van der Waals surface area contributed by atoms with Crippen molar-refractivity contribution in [3.8, 4) is 0 Å². The normalized spacial score (nSPS) is 11.7. The van der Waals surface area contributed by atoms with E-state index in [2.05, 4.69) is 15.7 Å². The third-order valence-electron chi connectivity index (χ3n) is 4.22. The number of halogens is 4. The summed E-state index contributed by atoms with van der Waals surface area (Å²) in [6.07, 6.45) is 0.0862. The van der Waals surface area contributed by atoms with Gasteiger partial charge in [0.1, 0.15) is 11.4 Å². The summed E-state index contributed by atoms with van der Waals surface area (Å²) < 4.78 is 46.8. The topological polar surface area (TPSA) is 89.2 Å². The molecule has 0 saturated carbocycles. The number of nitrogens with one attached hydrogen (secondary N) is 2. The summed E-state index contributed by atoms with van der Waals surface area (Å²) in [7, 11) is 1.62. The van der Waals surface area contributed by atoms with Crippen molar-refractivity contribution in [1.82, 2.24) is 9.78 Å². The van der Waals surface area contributed by atoms with E-state index in [0.29, 0.717) is 11.3 Å². The van der Waals surface area contributed by atoms with Crippen LogP contribution in [0, 0.1) is 6.92 Å². The third kappa shape index (κ3) is 5.15. The summed E-state index contributed by atoms with van der Waals surface area (Å²) in [5.74, 6) is -1.43. The van der Waals surface area contributed by atoms with Gasteiger partial charge in [0, 0.05) is 24.4 Å². The number of aryl methyl sites for hydroxylation is 2. The number of hydrogen-bond acceptors (Lipinski definition) is 4. The van der Waals surface area contributed by atoms with Gasteiger partial charge < -0.3 is 15.1 Å². The number of carbonyl (C=O) groups is 2. The first-order valence-electron chi connectivity index (χ1n) is 8.79. The first-order valence-corrected chi connectivity index (χ1v) is 9.17. The van der Waals surface area contributed by atoms with Crippen molar-refractivity contribution in [2.75, 3.05) is 10.6 Å². The zero-order valence-corrected chi connectivity index (χ0v) is 17.0. The minimum absolute atomic E-state index is 0.0927. The fraction of sp³-hybridized carbons (Fsp3) is 0.150. The minimum atomic E-state index is -4.77. The molecule has 0 spiro atoms. The number of hydrogen-bond donors (Lipinski definition) is 2. The van der Waals surface area contributed by atoms with Gasteiger partial charge in [-0.15, -0.1) is 0 Å². The Balaban J connectivity index is 1.80. The van der Waals surface area contributed by atoms with Crippen LogP contribution in [0.1, 0.15) is 27.2 Å². The molecule has 0 aliphatic rings. The molecule has 0 atom stereocenters. The molecular weight excluding hydrogens is 437 g/mol. The Bertz CT molecular complexity index is 1150. The second-order valence-electron chi connectivity index (χ2n) is 6.46. The lowest BCUT2D eigenvalue weighted by atomic mass is 10.1. The van der Waals surface area contributed by atoms with Gasteiger partial charge in [-0.2, -0.15) is 18.3 Å². The monoisotopic (exact) mass is 452 g/mol. The maximum absolute atomic E-state index is 13.5. The molecule has 3 rings (SSSR count). The number of rotatable bonds is 5. The number of alkyl halides is 3. The molecule has 0 saturated heterocycles. The Kier molecular flexibility index (Phi) is 6.21. The van der Waals surface area contributed by atoms with Crippen LogP contribution in [-0.2, 0) is 18.0 Å². The van der Waals surface area contributed by atoms with Crippen LogP contribution in [0.25, 0.3) is 6.08 Å². The molecular formula is C20H16ClF3N4O3. The van der Waals surface area contributed by atoms with Crippen LogP contribution in [0.5, 0.6) is 0 Å². The molecule has 3 aromatic rings. The Labute approximate surface area is 179 Å². The molecule has 0 fully saturated rings. The summed E-state index contributed by atoms with van der Waals surface area (Å²) in [4.78, 5) is 24.2. The average molecular weight is 453 g/mol. The van der Waals surface area contributed by atoms with Crippen molar-refractivity contribution in [3.63, 3.8) is 0 Å². The lowest BCUT2D eigenvalue weighted by molar-refractivity contribution is -0.136. The molecule has 11 heteroatoms. The van der Waals surface area contributed by atoms with Crippen LogP contribution in [0.2, 0.25) is 5.15 Å². The summed E-state index contributed by atoms with van der Waals surface area (Å²) >= 11 is 6.07. The number of amides is 2. The number of carbonyl (C=O) groups excluding carboxylic acids is 2. The maximum Gasteiger partial charge on any atom is 0.418 e. The number of benzene rings is 1. The Hall–Kier alpha value is -3.53. The Morgan fingerprint density at radius 2 is 1.97 bits per heavy atom. The molecule has 0 radical (unpaired) electrons. The van der Waals surface area contributed by atoms with Crippen molar-refractivity contribution in [2.24, 2.45) is 7.05 Å². The van der Waals surface area contributed by atoms with E-state index in [9.17, 15) is 22.8 Å². The summed E-state index contributed by atoms with van der Waals surface area (Å²) in [5.41, 5.74) is -0.476. The fourth-order valence-electron chi connectivity index (χ4n) is 2.73. The zero-order valence-electron chi connectivity index (χ0n) is 16.2. The molecule has 0 aliphatic carbocycles. The zero-order chi connectivity index (χ0) is 22.8. The maximum atomic E-state index is 13.5. The highest BCUT2D eigenvalue weighted by Crippen LogP contribution is 2.36. The highest BCUT2D eigenvalue weighted by molar-refractivity contribution is 6.31. The van der Waals surface area contributed by atoms with E-state index < -0.39 is 29.2 Å². The van der Waals surface area contributed by atoms with Gasteiger partial charge in [-0.25, -0.2) is 0 Å². The standard InChI is InChI=1S/C20H16ClF3N4O3/c1-11-14(18(21)28(2)27-11)4-6-17(29)26-16-5-3-13(9-15(16)20(22,23)24)25-19(30)12-7-8-31-10-12/h3-10H,1-2H3,(H,25,30)(H,26,29)/b6-4+. The lowest BCUT2D eigenvalue weighted by Gasteiger charge is -2.15. The van der Waals surface area contributed by atoms with E-state index >= 15 is 0 Å². The predicted octanol–water partition coefficient (Wildman–Crippen LogP) is 4.90. The number of anilines is 2. The average Bonchev–Trinajstić information content (AvgIpc) is 3.30. The molecule has 2 aromatic heterocycles. The Morgan fingerprint density at radius 3 is 2.55 bits per heavy atom. The van der Waals surface area contributed by atoms with Crippen LogP contribution in [-0.4, -0.2) is 21.6 Å². The molecule has 2 heterocycles. The van der Waals surface area contributed by atoms with Gasteiger partial charge in [-0.1, -0.05) is 11.6 Å². The number of nitrogens with zero attached hydrogens (tertiary/aromatic N) is 2. The van der Waals surface area contributed by atoms with Crippen LogP contribution in [0.15, 0.2) is 47.3 Å². The van der Waals surface area contributed by atoms with E-state index in [1.807, 2.05) is 0 Å². The van der Waals surface area contributed by atoms with Gasteiger partial charge >= 0.3 is 6.18 Å². The summed E-state index contributed by atoms with van der Waals surface area (Å²) in [6, 6.07) is 4.41. The second kappa shape index (κ2) is 8.68. The van der Waals surface area contributed by atoms with E-state index in [1.54, 1.807) is 14.0 Å². The van der Waals surface area contributed by atoms with Crippen molar-refractivity contribution >= 4 is 40.9 Å². The van der Waals surface area contributed by atoms with Gasteiger partial charge in [0.25, 0.3) is 5.91 Å². The van der Waals surface area contributed by atoms with E-state index in [1.165, 1.54) is 29.2 Å². The quantitative estimate of drug-likeness (QED) is 0.539. The fourth-order valence-corrected chi connectivity index (χ4v) is 2.97. The second-order valence-corrected chi connectivity index (χ2v) is 6.82. The van der Waals surface area contributed by atoms with Crippen molar-refractivity contribution in [3.05, 3.63) is 70.4 Å². The highest BCUT2D eigenvalue weighted by atomic mass is 35.5. The van der Waals surface area contributed by atoms with E-state index in [0.717, 1.165) is 24.5 Å². The minimum Gasteiger partial charge on any atom is -0.472 e. The third-order valence-corrected chi connectivity index (χ3v) is 4.67. The SMILES string of the molecule is Cc1nn(C)c(Cl)c1/C=C/C(=O)Nc1ccc(NC(=O)c2ccoc2)cc1C(F)(F)F. The molecule has 1 aromatic carbocycles. The summed E-state index contributed by atoms with van der Waals surface area (Å²) in [6.45, 7) is 1.68. The number of furan rings is 1. The first kappa shape index (κ1) is 22.2. The molecule has 0 unspecified atom stereocenters. The lowest BCUT2D eigenvalue weighted by Crippen LogP contribution is -2.16. The molecule has 2 N–H and O–H groups in total. The predicted molar refractivity (Wildman–Crippen MR) is 109 cm³/mol. The van der Waals surface area contributed by atoms with Crippen LogP contribution < -0.4 is 10.6 Å². The van der Waals surface area contributed by atoms with E-state index in [4.69, 9.17) is 16.0 Å². The smallest absolute Gasteiger partial charge is 0.418 e. The van der Waals surface area contributed by atoms with Crippen molar-refractivity contribution in [1.29, 1.82) is 0 Å². The molecule has 162 valence electrons. The molecule has 31 heavy (non-hydrogen) atoms. The highest BCUT2D eigenvalue weighted by Gasteiger charge is 2.34. The molecule has 7 nitrogen and oxygen atoms in total. The van der Waals surface area contributed by atoms with Gasteiger partial charge in [0.2, 0.25) is 5.91 Å².